The van der Waals surface area contributed by atoms with Crippen molar-refractivity contribution in [1.82, 2.24) is 19.8 Å². The van der Waals surface area contributed by atoms with Crippen LogP contribution in [-0.4, -0.2) is 72.5 Å². The van der Waals surface area contributed by atoms with Gasteiger partial charge in [0.05, 0.1) is 19.8 Å². The third-order valence-electron chi connectivity index (χ3n) is 4.55. The van der Waals surface area contributed by atoms with Gasteiger partial charge in [0, 0.05) is 45.1 Å². The Labute approximate surface area is 163 Å². The van der Waals surface area contributed by atoms with Crippen molar-refractivity contribution in [3.8, 4) is 11.5 Å². The molecule has 3 rings (SSSR count). The number of hydrogen-bond acceptors (Lipinski definition) is 7. The molecule has 1 aliphatic heterocycles. The van der Waals surface area contributed by atoms with Gasteiger partial charge in [-0.05, 0) is 17.7 Å². The van der Waals surface area contributed by atoms with E-state index in [2.05, 4.69) is 15.3 Å². The molecule has 1 aromatic carbocycles. The van der Waals surface area contributed by atoms with Gasteiger partial charge in [0.2, 0.25) is 12.4 Å². The summed E-state index contributed by atoms with van der Waals surface area (Å²) in [7, 11) is 3.18. The van der Waals surface area contributed by atoms with Crippen molar-refractivity contribution < 1.29 is 19.1 Å². The Kier molecular flexibility index (Phi) is 6.25. The molecule has 1 aliphatic rings. The lowest BCUT2D eigenvalue weighted by Gasteiger charge is -2.32. The van der Waals surface area contributed by atoms with E-state index in [1.54, 1.807) is 24.0 Å². The molecule has 9 heteroatoms. The van der Waals surface area contributed by atoms with Crippen LogP contribution >= 0.6 is 0 Å². The highest BCUT2D eigenvalue weighted by atomic mass is 16.5. The highest BCUT2D eigenvalue weighted by Crippen LogP contribution is 2.27. The molecule has 1 N–H and O–H groups in total. The van der Waals surface area contributed by atoms with Gasteiger partial charge < -0.3 is 24.6 Å². The molecule has 1 saturated heterocycles. The maximum atomic E-state index is 12.5. The fourth-order valence-corrected chi connectivity index (χ4v) is 2.91. The molecule has 0 bridgehead atoms. The van der Waals surface area contributed by atoms with Crippen molar-refractivity contribution in [2.45, 2.75) is 6.54 Å². The zero-order chi connectivity index (χ0) is 19.9. The second-order valence-corrected chi connectivity index (χ2v) is 6.27. The third-order valence-corrected chi connectivity index (χ3v) is 4.55. The Bertz CT molecular complexity index is 820. The van der Waals surface area contributed by atoms with E-state index in [1.165, 1.54) is 12.4 Å². The third kappa shape index (κ3) is 4.48. The first kappa shape index (κ1) is 19.4. The lowest BCUT2D eigenvalue weighted by molar-refractivity contribution is -0.119. The van der Waals surface area contributed by atoms with Crippen molar-refractivity contribution in [1.29, 1.82) is 0 Å². The van der Waals surface area contributed by atoms with E-state index < -0.39 is 0 Å². The van der Waals surface area contributed by atoms with Crippen LogP contribution in [0.4, 0.5) is 5.95 Å². The standard InChI is InChI=1S/C19H23N5O4/c1-27-16-4-3-14(9-17(16)28-2)10-20-19-21-11-15(12-22-19)18(26)24-7-5-23(13-25)6-8-24/h3-4,9,11-13H,5-8,10H2,1-2H3,(H,20,21,22). The molecule has 9 nitrogen and oxygen atoms in total. The fraction of sp³-hybridized carbons (Fsp3) is 0.368. The molecule has 1 fully saturated rings. The number of anilines is 1. The lowest BCUT2D eigenvalue weighted by atomic mass is 10.2. The molecule has 0 radical (unpaired) electrons. The van der Waals surface area contributed by atoms with Gasteiger partial charge in [-0.1, -0.05) is 6.07 Å². The van der Waals surface area contributed by atoms with Crippen LogP contribution in [0.2, 0.25) is 0 Å². The summed E-state index contributed by atoms with van der Waals surface area (Å²) in [5.41, 5.74) is 1.41. The van der Waals surface area contributed by atoms with Crippen molar-refractivity contribution in [2.75, 3.05) is 45.7 Å². The second kappa shape index (κ2) is 9.03. The smallest absolute Gasteiger partial charge is 0.257 e. The van der Waals surface area contributed by atoms with Gasteiger partial charge in [-0.3, -0.25) is 9.59 Å². The second-order valence-electron chi connectivity index (χ2n) is 6.27. The number of rotatable bonds is 7. The monoisotopic (exact) mass is 385 g/mol. The van der Waals surface area contributed by atoms with Crippen LogP contribution < -0.4 is 14.8 Å². The van der Waals surface area contributed by atoms with Gasteiger partial charge in [-0.25, -0.2) is 9.97 Å². The first-order valence-electron chi connectivity index (χ1n) is 8.90. The first-order chi connectivity index (χ1) is 13.6. The average molecular weight is 385 g/mol. The molecule has 1 aromatic heterocycles. The topological polar surface area (TPSA) is 96.9 Å². The Hall–Kier alpha value is -3.36. The highest BCUT2D eigenvalue weighted by Gasteiger charge is 2.21. The summed E-state index contributed by atoms with van der Waals surface area (Å²) in [5.74, 6) is 1.62. The number of benzene rings is 1. The van der Waals surface area contributed by atoms with Gasteiger partial charge in [-0.2, -0.15) is 0 Å². The summed E-state index contributed by atoms with van der Waals surface area (Å²) in [5, 5.41) is 3.12. The molecule has 0 aliphatic carbocycles. The number of carbonyl (C=O) groups is 2. The number of methoxy groups -OCH3 is 2. The number of piperazine rings is 1. The zero-order valence-electron chi connectivity index (χ0n) is 15.9. The van der Waals surface area contributed by atoms with Crippen LogP contribution in [0.1, 0.15) is 15.9 Å². The summed E-state index contributed by atoms with van der Waals surface area (Å²) in [6.45, 7) is 2.61. The van der Waals surface area contributed by atoms with Gasteiger partial charge in [0.25, 0.3) is 5.91 Å². The SMILES string of the molecule is COc1ccc(CNc2ncc(C(=O)N3CCN(C=O)CC3)cn2)cc1OC. The van der Waals surface area contributed by atoms with Gasteiger partial charge >= 0.3 is 0 Å². The summed E-state index contributed by atoms with van der Waals surface area (Å²) < 4.78 is 10.5. The largest absolute Gasteiger partial charge is 0.493 e. The Morgan fingerprint density at radius 1 is 1.11 bits per heavy atom. The van der Waals surface area contributed by atoms with E-state index in [9.17, 15) is 9.59 Å². The molecular formula is C19H23N5O4. The quantitative estimate of drug-likeness (QED) is 0.711. The molecule has 0 atom stereocenters. The molecule has 148 valence electrons. The molecule has 0 spiro atoms. The van der Waals surface area contributed by atoms with E-state index in [0.29, 0.717) is 55.7 Å². The minimum Gasteiger partial charge on any atom is -0.493 e. The van der Waals surface area contributed by atoms with E-state index in [0.717, 1.165) is 12.0 Å². The van der Waals surface area contributed by atoms with Crippen LogP contribution in [0, 0.1) is 0 Å². The molecular weight excluding hydrogens is 362 g/mol. The molecule has 2 aromatic rings. The number of ether oxygens (including phenoxy) is 2. The number of nitrogens with zero attached hydrogens (tertiary/aromatic N) is 4. The maximum absolute atomic E-state index is 12.5. The highest BCUT2D eigenvalue weighted by molar-refractivity contribution is 5.93. The number of nitrogens with one attached hydrogen (secondary N) is 1. The van der Waals surface area contributed by atoms with Crippen molar-refractivity contribution in [3.05, 3.63) is 41.7 Å². The van der Waals surface area contributed by atoms with E-state index in [4.69, 9.17) is 9.47 Å². The Morgan fingerprint density at radius 3 is 2.39 bits per heavy atom. The normalized spacial score (nSPS) is 13.8. The molecule has 0 unspecified atom stereocenters. The molecule has 2 heterocycles. The molecule has 2 amide bonds. The summed E-state index contributed by atoms with van der Waals surface area (Å²) >= 11 is 0. The summed E-state index contributed by atoms with van der Waals surface area (Å²) in [6, 6.07) is 5.64. The van der Waals surface area contributed by atoms with Crippen LogP contribution in [0.25, 0.3) is 0 Å². The van der Waals surface area contributed by atoms with Crippen LogP contribution in [0.3, 0.4) is 0 Å². The predicted molar refractivity (Wildman–Crippen MR) is 102 cm³/mol. The van der Waals surface area contributed by atoms with E-state index in [-0.39, 0.29) is 5.91 Å². The summed E-state index contributed by atoms with van der Waals surface area (Å²) in [6.07, 6.45) is 3.83. The minimum absolute atomic E-state index is 0.128. The van der Waals surface area contributed by atoms with Crippen molar-refractivity contribution in [2.24, 2.45) is 0 Å². The van der Waals surface area contributed by atoms with Crippen molar-refractivity contribution >= 4 is 18.3 Å². The number of carbonyl (C=O) groups excluding carboxylic acids is 2. The number of aromatic nitrogens is 2. The fourth-order valence-electron chi connectivity index (χ4n) is 2.91. The number of amides is 2. The van der Waals surface area contributed by atoms with E-state index in [1.807, 2.05) is 18.2 Å². The Balaban J connectivity index is 1.57. The number of hydrogen-bond donors (Lipinski definition) is 1. The van der Waals surface area contributed by atoms with Crippen molar-refractivity contribution in [3.63, 3.8) is 0 Å². The first-order valence-corrected chi connectivity index (χ1v) is 8.90. The van der Waals surface area contributed by atoms with E-state index >= 15 is 0 Å². The zero-order valence-corrected chi connectivity index (χ0v) is 15.9. The predicted octanol–water partition coefficient (Wildman–Crippen LogP) is 1.02. The molecule has 0 saturated carbocycles. The van der Waals surface area contributed by atoms with Gasteiger partial charge in [0.1, 0.15) is 0 Å². The van der Waals surface area contributed by atoms with Crippen LogP contribution in [-0.2, 0) is 11.3 Å². The summed E-state index contributed by atoms with van der Waals surface area (Å²) in [4.78, 5) is 35.1. The van der Waals surface area contributed by atoms with Gasteiger partial charge in [-0.15, -0.1) is 0 Å². The molecule has 28 heavy (non-hydrogen) atoms. The average Bonchev–Trinajstić information content (AvgIpc) is 2.77. The minimum atomic E-state index is -0.128. The van der Waals surface area contributed by atoms with Crippen LogP contribution in [0.15, 0.2) is 30.6 Å². The maximum Gasteiger partial charge on any atom is 0.257 e. The lowest BCUT2D eigenvalue weighted by Crippen LogP contribution is -2.48. The Morgan fingerprint density at radius 2 is 1.79 bits per heavy atom. The van der Waals surface area contributed by atoms with Crippen LogP contribution in [0.5, 0.6) is 11.5 Å². The van der Waals surface area contributed by atoms with Gasteiger partial charge in [0.15, 0.2) is 11.5 Å².